The molecule has 0 saturated heterocycles. The minimum atomic E-state index is -0.261. The lowest BCUT2D eigenvalue weighted by molar-refractivity contribution is 0.0959. The lowest BCUT2D eigenvalue weighted by atomic mass is 10.1. The molecule has 0 fully saturated rings. The van der Waals surface area contributed by atoms with Gasteiger partial charge in [-0.3, -0.25) is 4.79 Å². The summed E-state index contributed by atoms with van der Waals surface area (Å²) >= 11 is 7.50. The molecule has 0 atom stereocenters. The number of nitrogens with zero attached hydrogens (tertiary/aromatic N) is 2. The van der Waals surface area contributed by atoms with E-state index in [0.717, 1.165) is 16.7 Å². The van der Waals surface area contributed by atoms with Gasteiger partial charge in [0.1, 0.15) is 10.9 Å². The van der Waals surface area contributed by atoms with E-state index in [1.54, 1.807) is 19.2 Å². The van der Waals surface area contributed by atoms with E-state index < -0.39 is 0 Å². The van der Waals surface area contributed by atoms with Crippen LogP contribution in [0.15, 0.2) is 46.9 Å². The van der Waals surface area contributed by atoms with Gasteiger partial charge in [0, 0.05) is 10.9 Å². The lowest BCUT2D eigenvalue weighted by Gasteiger charge is -2.04. The standard InChI is InChI=1S/C16H12ClN3O2S/c1-22-12-4-5-13-10(8-12)7-11(15(17)19-13)9-18-20-16(21)14-3-2-6-23-14/h2-9H,1H3,(H,20,21)/b18-9-. The summed E-state index contributed by atoms with van der Waals surface area (Å²) < 4.78 is 5.20. The Kier molecular flexibility index (Phi) is 4.55. The van der Waals surface area contributed by atoms with Crippen LogP contribution in [0.25, 0.3) is 10.9 Å². The number of halogens is 1. The number of thiophene rings is 1. The number of hydrogen-bond acceptors (Lipinski definition) is 5. The van der Waals surface area contributed by atoms with Gasteiger partial charge in [-0.25, -0.2) is 10.4 Å². The van der Waals surface area contributed by atoms with Gasteiger partial charge in [0.25, 0.3) is 5.91 Å². The Morgan fingerprint density at radius 2 is 2.26 bits per heavy atom. The molecule has 0 unspecified atom stereocenters. The van der Waals surface area contributed by atoms with Crippen molar-refractivity contribution < 1.29 is 9.53 Å². The quantitative estimate of drug-likeness (QED) is 0.445. The van der Waals surface area contributed by atoms with Crippen molar-refractivity contribution in [2.24, 2.45) is 5.10 Å². The molecule has 0 saturated carbocycles. The molecule has 5 nitrogen and oxygen atoms in total. The normalized spacial score (nSPS) is 11.0. The van der Waals surface area contributed by atoms with Crippen molar-refractivity contribution in [1.82, 2.24) is 10.4 Å². The van der Waals surface area contributed by atoms with Crippen LogP contribution < -0.4 is 10.2 Å². The topological polar surface area (TPSA) is 63.6 Å². The zero-order valence-electron chi connectivity index (χ0n) is 12.1. The van der Waals surface area contributed by atoms with E-state index in [4.69, 9.17) is 16.3 Å². The molecule has 0 radical (unpaired) electrons. The first-order valence-electron chi connectivity index (χ1n) is 6.68. The highest BCUT2D eigenvalue weighted by Gasteiger charge is 2.06. The van der Waals surface area contributed by atoms with Crippen molar-refractivity contribution in [2.75, 3.05) is 7.11 Å². The van der Waals surface area contributed by atoms with Crippen molar-refractivity contribution in [3.05, 3.63) is 57.4 Å². The number of methoxy groups -OCH3 is 1. The van der Waals surface area contributed by atoms with Crippen molar-refractivity contribution in [1.29, 1.82) is 0 Å². The average molecular weight is 346 g/mol. The van der Waals surface area contributed by atoms with E-state index in [2.05, 4.69) is 15.5 Å². The fourth-order valence-corrected chi connectivity index (χ4v) is 2.80. The van der Waals surface area contributed by atoms with Crippen molar-refractivity contribution in [3.8, 4) is 5.75 Å². The highest BCUT2D eigenvalue weighted by atomic mass is 35.5. The molecule has 1 aromatic carbocycles. The molecular formula is C16H12ClN3O2S. The van der Waals surface area contributed by atoms with Crippen LogP contribution in [0.3, 0.4) is 0 Å². The monoisotopic (exact) mass is 345 g/mol. The van der Waals surface area contributed by atoms with Gasteiger partial charge in [-0.05, 0) is 35.7 Å². The molecule has 3 rings (SSSR count). The number of ether oxygens (including phenoxy) is 1. The Bertz CT molecular complexity index is 878. The zero-order valence-corrected chi connectivity index (χ0v) is 13.7. The Hall–Kier alpha value is -2.44. The van der Waals surface area contributed by atoms with Crippen molar-refractivity contribution in [3.63, 3.8) is 0 Å². The maximum Gasteiger partial charge on any atom is 0.281 e. The number of hydrazone groups is 1. The second-order valence-electron chi connectivity index (χ2n) is 4.60. The van der Waals surface area contributed by atoms with Crippen LogP contribution in [0, 0.1) is 0 Å². The molecule has 3 aromatic rings. The number of benzene rings is 1. The average Bonchev–Trinajstić information content (AvgIpc) is 3.09. The van der Waals surface area contributed by atoms with Gasteiger partial charge in [-0.1, -0.05) is 17.7 Å². The summed E-state index contributed by atoms with van der Waals surface area (Å²) in [6.45, 7) is 0. The van der Waals surface area contributed by atoms with Crippen LogP contribution in [0.1, 0.15) is 15.2 Å². The van der Waals surface area contributed by atoms with Crippen LogP contribution in [-0.4, -0.2) is 24.2 Å². The maximum absolute atomic E-state index is 11.8. The molecule has 7 heteroatoms. The van der Waals surface area contributed by atoms with Gasteiger partial charge in [-0.2, -0.15) is 5.10 Å². The van der Waals surface area contributed by atoms with Gasteiger partial charge in [0.15, 0.2) is 0 Å². The summed E-state index contributed by atoms with van der Waals surface area (Å²) in [6.07, 6.45) is 1.47. The Morgan fingerprint density at radius 3 is 3.00 bits per heavy atom. The van der Waals surface area contributed by atoms with Crippen LogP contribution in [0.4, 0.5) is 0 Å². The molecule has 2 heterocycles. The number of hydrogen-bond donors (Lipinski definition) is 1. The van der Waals surface area contributed by atoms with Crippen molar-refractivity contribution in [2.45, 2.75) is 0 Å². The summed E-state index contributed by atoms with van der Waals surface area (Å²) in [6, 6.07) is 10.9. The fraction of sp³-hybridized carbons (Fsp3) is 0.0625. The highest BCUT2D eigenvalue weighted by molar-refractivity contribution is 7.12. The fourth-order valence-electron chi connectivity index (χ4n) is 1.99. The van der Waals surface area contributed by atoms with E-state index in [0.29, 0.717) is 15.6 Å². The van der Waals surface area contributed by atoms with E-state index in [1.807, 2.05) is 29.6 Å². The molecule has 1 amide bonds. The largest absolute Gasteiger partial charge is 0.497 e. The van der Waals surface area contributed by atoms with Crippen LogP contribution in [0.5, 0.6) is 5.75 Å². The number of fused-ring (bicyclic) bond motifs is 1. The third-order valence-corrected chi connectivity index (χ3v) is 4.29. The maximum atomic E-state index is 11.8. The first-order chi connectivity index (χ1) is 11.2. The van der Waals surface area contributed by atoms with Gasteiger partial charge < -0.3 is 4.74 Å². The van der Waals surface area contributed by atoms with Crippen LogP contribution in [-0.2, 0) is 0 Å². The molecule has 1 N–H and O–H groups in total. The summed E-state index contributed by atoms with van der Waals surface area (Å²) in [4.78, 5) is 16.7. The Morgan fingerprint density at radius 1 is 1.39 bits per heavy atom. The molecule has 2 aromatic heterocycles. The number of rotatable bonds is 4. The minimum absolute atomic E-state index is 0.261. The third-order valence-electron chi connectivity index (χ3n) is 3.12. The van der Waals surface area contributed by atoms with Crippen LogP contribution >= 0.6 is 22.9 Å². The molecule has 23 heavy (non-hydrogen) atoms. The first-order valence-corrected chi connectivity index (χ1v) is 7.94. The number of carbonyl (C=O) groups excluding carboxylic acids is 1. The van der Waals surface area contributed by atoms with Gasteiger partial charge in [0.05, 0.1) is 23.7 Å². The summed E-state index contributed by atoms with van der Waals surface area (Å²) in [5, 5.41) is 6.95. The SMILES string of the molecule is COc1ccc2nc(Cl)c(/C=N\NC(=O)c3cccs3)cc2c1. The molecule has 0 bridgehead atoms. The highest BCUT2D eigenvalue weighted by Crippen LogP contribution is 2.23. The molecule has 116 valence electrons. The molecular weight excluding hydrogens is 334 g/mol. The second-order valence-corrected chi connectivity index (χ2v) is 5.91. The first kappa shape index (κ1) is 15.5. The van der Waals surface area contributed by atoms with E-state index in [9.17, 15) is 4.79 Å². The van der Waals surface area contributed by atoms with Gasteiger partial charge in [0.2, 0.25) is 0 Å². The number of carbonyl (C=O) groups is 1. The molecule has 0 spiro atoms. The summed E-state index contributed by atoms with van der Waals surface area (Å²) in [7, 11) is 1.60. The third kappa shape index (κ3) is 3.49. The Balaban J connectivity index is 1.82. The predicted molar refractivity (Wildman–Crippen MR) is 92.7 cm³/mol. The van der Waals surface area contributed by atoms with Crippen LogP contribution in [0.2, 0.25) is 5.15 Å². The molecule has 0 aliphatic rings. The van der Waals surface area contributed by atoms with E-state index in [1.165, 1.54) is 17.6 Å². The van der Waals surface area contributed by atoms with Crippen molar-refractivity contribution >= 4 is 46.0 Å². The van der Waals surface area contributed by atoms with E-state index in [-0.39, 0.29) is 5.91 Å². The van der Waals surface area contributed by atoms with Gasteiger partial charge >= 0.3 is 0 Å². The molecule has 0 aliphatic heterocycles. The zero-order chi connectivity index (χ0) is 16.2. The predicted octanol–water partition coefficient (Wildman–Crippen LogP) is 3.72. The number of pyridine rings is 1. The smallest absolute Gasteiger partial charge is 0.281 e. The van der Waals surface area contributed by atoms with Gasteiger partial charge in [-0.15, -0.1) is 11.3 Å². The minimum Gasteiger partial charge on any atom is -0.497 e. The Labute approximate surface area is 141 Å². The summed E-state index contributed by atoms with van der Waals surface area (Å²) in [5.74, 6) is 0.471. The number of amides is 1. The second kappa shape index (κ2) is 6.76. The lowest BCUT2D eigenvalue weighted by Crippen LogP contribution is -2.16. The summed E-state index contributed by atoms with van der Waals surface area (Å²) in [5.41, 5.74) is 3.83. The number of nitrogens with one attached hydrogen (secondary N) is 1. The van der Waals surface area contributed by atoms with E-state index >= 15 is 0 Å². The number of aromatic nitrogens is 1. The molecule has 0 aliphatic carbocycles.